The molecule has 12 heteroatoms. The Morgan fingerprint density at radius 2 is 1.87 bits per heavy atom. The van der Waals surface area contributed by atoms with Crippen molar-refractivity contribution in [3.05, 3.63) is 34.6 Å². The third kappa shape index (κ3) is 7.86. The number of thioether (sulfide) groups is 1. The molecular formula is C18H25ClFN5O3S2. The zero-order chi connectivity index (χ0) is 22.5. The highest BCUT2D eigenvalue weighted by Crippen LogP contribution is 2.36. The molecule has 0 spiro atoms. The molecule has 1 heterocycles. The van der Waals surface area contributed by atoms with Crippen LogP contribution in [0.5, 0.6) is 0 Å². The lowest BCUT2D eigenvalue weighted by molar-refractivity contribution is 0.259. The van der Waals surface area contributed by atoms with Crippen molar-refractivity contribution < 1.29 is 17.9 Å². The molecule has 2 rings (SSSR count). The van der Waals surface area contributed by atoms with Gasteiger partial charge in [-0.1, -0.05) is 37.2 Å². The maximum Gasteiger partial charge on any atom is 0.242 e. The average molecular weight is 478 g/mol. The van der Waals surface area contributed by atoms with Gasteiger partial charge in [-0.15, -0.1) is 0 Å². The van der Waals surface area contributed by atoms with Crippen LogP contribution < -0.4 is 10.0 Å². The van der Waals surface area contributed by atoms with Gasteiger partial charge in [-0.25, -0.2) is 12.8 Å². The van der Waals surface area contributed by atoms with Crippen LogP contribution >= 0.6 is 23.4 Å². The zero-order valence-corrected chi connectivity index (χ0v) is 19.4. The summed E-state index contributed by atoms with van der Waals surface area (Å²) in [5.74, 6) is -0.169. The number of halogens is 2. The van der Waals surface area contributed by atoms with E-state index < -0.39 is 21.1 Å². The van der Waals surface area contributed by atoms with Crippen molar-refractivity contribution in [1.29, 1.82) is 0 Å². The number of aliphatic hydroxyl groups is 1. The quantitative estimate of drug-likeness (QED) is 0.443. The van der Waals surface area contributed by atoms with E-state index >= 15 is 0 Å². The summed E-state index contributed by atoms with van der Waals surface area (Å²) in [6.07, 6.45) is 1.64. The highest BCUT2D eigenvalue weighted by Gasteiger charge is 2.19. The largest absolute Gasteiger partial charge is 0.394 e. The molecule has 1 aromatic carbocycles. The minimum atomic E-state index is -3.62. The van der Waals surface area contributed by atoms with Crippen LogP contribution in [0.25, 0.3) is 0 Å². The minimum Gasteiger partial charge on any atom is -0.394 e. The van der Waals surface area contributed by atoms with E-state index in [1.54, 1.807) is 6.92 Å². The maximum atomic E-state index is 14.2. The highest BCUT2D eigenvalue weighted by molar-refractivity contribution is 7.99. The van der Waals surface area contributed by atoms with Crippen LogP contribution in [-0.2, 0) is 10.0 Å². The summed E-state index contributed by atoms with van der Waals surface area (Å²) in [6.45, 7) is 5.63. The fraction of sp³-hybridized carbons (Fsp3) is 0.500. The Morgan fingerprint density at radius 1 is 1.20 bits per heavy atom. The van der Waals surface area contributed by atoms with Gasteiger partial charge in [0.1, 0.15) is 5.82 Å². The molecule has 1 aromatic heterocycles. The smallest absolute Gasteiger partial charge is 0.242 e. The van der Waals surface area contributed by atoms with Gasteiger partial charge in [0.2, 0.25) is 21.9 Å². The van der Waals surface area contributed by atoms with E-state index in [4.69, 9.17) is 11.6 Å². The molecule has 0 saturated heterocycles. The summed E-state index contributed by atoms with van der Waals surface area (Å²) in [5.41, 5.74) is 0.369. The maximum absolute atomic E-state index is 14.2. The summed E-state index contributed by atoms with van der Waals surface area (Å²) in [6, 6.07) is 3.94. The van der Waals surface area contributed by atoms with E-state index in [-0.39, 0.29) is 29.7 Å². The van der Waals surface area contributed by atoms with Crippen LogP contribution in [0.1, 0.15) is 38.0 Å². The third-order valence-corrected chi connectivity index (χ3v) is 5.67. The molecule has 0 amide bonds. The third-order valence-electron chi connectivity index (χ3n) is 3.88. The fourth-order valence-electron chi connectivity index (χ4n) is 2.66. The summed E-state index contributed by atoms with van der Waals surface area (Å²) in [7, 11) is -3.62. The SMILES string of the molecule is CC(C)C[C@H](CO)Nc1nc(NS(C)(=O)=O)nc(S[C@H](C)c2cc(Cl)ccc2F)n1. The van der Waals surface area contributed by atoms with Crippen molar-refractivity contribution in [3.8, 4) is 0 Å². The first kappa shape index (κ1) is 24.6. The van der Waals surface area contributed by atoms with Crippen LogP contribution in [-0.4, -0.2) is 47.4 Å². The van der Waals surface area contributed by atoms with Crippen molar-refractivity contribution in [1.82, 2.24) is 15.0 Å². The van der Waals surface area contributed by atoms with Crippen LogP contribution in [0.4, 0.5) is 16.3 Å². The van der Waals surface area contributed by atoms with Crippen LogP contribution in [0.2, 0.25) is 5.02 Å². The molecule has 0 aliphatic rings. The number of sulfonamides is 1. The molecule has 0 aliphatic heterocycles. The number of hydrogen-bond donors (Lipinski definition) is 3. The first-order valence-electron chi connectivity index (χ1n) is 9.19. The minimum absolute atomic E-state index is 0.108. The molecular weight excluding hydrogens is 453 g/mol. The Hall–Kier alpha value is -1.69. The van der Waals surface area contributed by atoms with Gasteiger partial charge < -0.3 is 10.4 Å². The summed E-state index contributed by atoms with van der Waals surface area (Å²) in [4.78, 5) is 12.5. The van der Waals surface area contributed by atoms with Gasteiger partial charge in [-0.2, -0.15) is 15.0 Å². The molecule has 0 aliphatic carbocycles. The molecule has 2 aromatic rings. The van der Waals surface area contributed by atoms with Gasteiger partial charge >= 0.3 is 0 Å². The van der Waals surface area contributed by atoms with E-state index in [0.717, 1.165) is 18.0 Å². The predicted molar refractivity (Wildman–Crippen MR) is 118 cm³/mol. The highest BCUT2D eigenvalue weighted by atomic mass is 35.5. The Kier molecular flexibility index (Phi) is 8.65. The second-order valence-electron chi connectivity index (χ2n) is 7.22. The normalized spacial score (nSPS) is 13.9. The molecule has 0 saturated carbocycles. The molecule has 0 radical (unpaired) electrons. The number of anilines is 2. The topological polar surface area (TPSA) is 117 Å². The molecule has 8 nitrogen and oxygen atoms in total. The Labute approximate surface area is 185 Å². The number of benzene rings is 1. The second kappa shape index (κ2) is 10.6. The van der Waals surface area contributed by atoms with Gasteiger partial charge in [0.05, 0.1) is 18.9 Å². The molecule has 30 heavy (non-hydrogen) atoms. The van der Waals surface area contributed by atoms with Crippen molar-refractivity contribution in [2.24, 2.45) is 5.92 Å². The van der Waals surface area contributed by atoms with Crippen molar-refractivity contribution >= 4 is 45.3 Å². The summed E-state index contributed by atoms with van der Waals surface area (Å²) in [5, 5.41) is 12.8. The number of aliphatic hydroxyl groups excluding tert-OH is 1. The number of nitrogens with zero attached hydrogens (tertiary/aromatic N) is 3. The van der Waals surface area contributed by atoms with Gasteiger partial charge in [0.15, 0.2) is 5.16 Å². The van der Waals surface area contributed by atoms with E-state index in [9.17, 15) is 17.9 Å². The second-order valence-corrected chi connectivity index (χ2v) is 10.7. The standard InChI is InChI=1S/C18H25ClFN5O3S2/c1-10(2)7-13(9-26)21-16-22-17(25-30(4,27)28)24-18(23-16)29-11(3)14-8-12(19)5-6-15(14)20/h5-6,8,10-11,13,26H,7,9H2,1-4H3,(H2,21,22,23,24,25)/t11-,13-/m1/s1. The molecule has 0 bridgehead atoms. The Morgan fingerprint density at radius 3 is 2.47 bits per heavy atom. The first-order chi connectivity index (χ1) is 14.0. The van der Waals surface area contributed by atoms with Gasteiger partial charge in [0, 0.05) is 15.8 Å². The average Bonchev–Trinajstić information content (AvgIpc) is 2.61. The van der Waals surface area contributed by atoms with Crippen LogP contribution in [0, 0.1) is 11.7 Å². The van der Waals surface area contributed by atoms with E-state index in [0.29, 0.717) is 22.9 Å². The van der Waals surface area contributed by atoms with Gasteiger partial charge in [-0.3, -0.25) is 4.72 Å². The first-order valence-corrected chi connectivity index (χ1v) is 12.3. The predicted octanol–water partition coefficient (Wildman–Crippen LogP) is 3.71. The Balaban J connectivity index is 2.34. The number of hydrogen-bond acceptors (Lipinski definition) is 8. The van der Waals surface area contributed by atoms with Gasteiger partial charge in [0.25, 0.3) is 0 Å². The molecule has 2 atom stereocenters. The van der Waals surface area contributed by atoms with Crippen molar-refractivity contribution in [2.75, 3.05) is 22.9 Å². The lowest BCUT2D eigenvalue weighted by Gasteiger charge is -2.19. The summed E-state index contributed by atoms with van der Waals surface area (Å²) < 4.78 is 39.7. The molecule has 0 unspecified atom stereocenters. The van der Waals surface area contributed by atoms with Crippen LogP contribution in [0.15, 0.2) is 23.4 Å². The lowest BCUT2D eigenvalue weighted by Crippen LogP contribution is -2.27. The van der Waals surface area contributed by atoms with E-state index in [1.165, 1.54) is 18.2 Å². The molecule has 3 N–H and O–H groups in total. The Bertz CT molecular complexity index is 978. The fourth-order valence-corrected chi connectivity index (χ4v) is 4.17. The van der Waals surface area contributed by atoms with Crippen molar-refractivity contribution in [3.63, 3.8) is 0 Å². The molecule has 0 fully saturated rings. The number of rotatable bonds is 10. The van der Waals surface area contributed by atoms with E-state index in [2.05, 4.69) is 25.0 Å². The monoisotopic (exact) mass is 477 g/mol. The van der Waals surface area contributed by atoms with Gasteiger partial charge in [-0.05, 0) is 37.5 Å². The van der Waals surface area contributed by atoms with E-state index in [1.807, 2.05) is 13.8 Å². The zero-order valence-electron chi connectivity index (χ0n) is 17.1. The summed E-state index contributed by atoms with van der Waals surface area (Å²) >= 11 is 7.10. The molecule has 166 valence electrons. The van der Waals surface area contributed by atoms with Crippen molar-refractivity contribution in [2.45, 2.75) is 43.6 Å². The number of nitrogens with one attached hydrogen (secondary N) is 2. The van der Waals surface area contributed by atoms with Crippen LogP contribution in [0.3, 0.4) is 0 Å². The lowest BCUT2D eigenvalue weighted by atomic mass is 10.0. The number of aromatic nitrogens is 3.